The van der Waals surface area contributed by atoms with Gasteiger partial charge in [-0.05, 0) is 31.5 Å². The van der Waals surface area contributed by atoms with Crippen molar-refractivity contribution in [1.82, 2.24) is 5.32 Å². The van der Waals surface area contributed by atoms with Crippen molar-refractivity contribution >= 4 is 11.8 Å². The summed E-state index contributed by atoms with van der Waals surface area (Å²) in [6.45, 7) is 9.11. The number of benzene rings is 1. The van der Waals surface area contributed by atoms with Crippen LogP contribution in [0.15, 0.2) is 29.2 Å². The van der Waals surface area contributed by atoms with Crippen molar-refractivity contribution < 1.29 is 4.74 Å². The maximum Gasteiger partial charge on any atom is 0.0627 e. The Bertz CT molecular complexity index is 330. The van der Waals surface area contributed by atoms with E-state index in [0.29, 0.717) is 6.04 Å². The maximum atomic E-state index is 5.64. The molecule has 0 aromatic heterocycles. The monoisotopic (exact) mass is 267 g/mol. The van der Waals surface area contributed by atoms with Crippen molar-refractivity contribution in [2.45, 2.75) is 38.1 Å². The summed E-state index contributed by atoms with van der Waals surface area (Å²) in [6, 6.07) is 8.98. The third-order valence-corrected chi connectivity index (χ3v) is 4.03. The molecule has 0 radical (unpaired) electrons. The summed E-state index contributed by atoms with van der Waals surface area (Å²) in [7, 11) is 0. The van der Waals surface area contributed by atoms with Gasteiger partial charge in [0.1, 0.15) is 0 Å². The van der Waals surface area contributed by atoms with E-state index in [9.17, 15) is 0 Å². The van der Waals surface area contributed by atoms with Crippen LogP contribution in [0.25, 0.3) is 0 Å². The van der Waals surface area contributed by atoms with Gasteiger partial charge >= 0.3 is 0 Å². The molecule has 0 aliphatic heterocycles. The Kier molecular flexibility index (Phi) is 8.14. The molecule has 1 aromatic rings. The number of ether oxygens (including phenoxy) is 1. The van der Waals surface area contributed by atoms with Crippen LogP contribution >= 0.6 is 11.8 Å². The van der Waals surface area contributed by atoms with E-state index < -0.39 is 0 Å². The van der Waals surface area contributed by atoms with Gasteiger partial charge in [-0.15, -0.1) is 11.8 Å². The average Bonchev–Trinajstić information content (AvgIpc) is 2.38. The third-order valence-electron chi connectivity index (χ3n) is 2.69. The SMILES string of the molecule is CCCOCC(CSc1ccccc1C)NCC. The molecule has 1 N–H and O–H groups in total. The quantitative estimate of drug-likeness (QED) is 0.546. The van der Waals surface area contributed by atoms with E-state index in [1.807, 2.05) is 11.8 Å². The van der Waals surface area contributed by atoms with Crippen molar-refractivity contribution in [2.75, 3.05) is 25.5 Å². The molecular formula is C15H25NOS. The molecule has 0 fully saturated rings. The van der Waals surface area contributed by atoms with Crippen molar-refractivity contribution in [3.8, 4) is 0 Å². The van der Waals surface area contributed by atoms with Crippen LogP contribution in [0.4, 0.5) is 0 Å². The van der Waals surface area contributed by atoms with E-state index in [4.69, 9.17) is 4.74 Å². The van der Waals surface area contributed by atoms with Crippen molar-refractivity contribution in [2.24, 2.45) is 0 Å². The molecule has 1 unspecified atom stereocenters. The first kappa shape index (κ1) is 15.5. The van der Waals surface area contributed by atoms with Crippen LogP contribution in [0.2, 0.25) is 0 Å². The molecule has 0 amide bonds. The Morgan fingerprint density at radius 3 is 2.72 bits per heavy atom. The predicted molar refractivity (Wildman–Crippen MR) is 80.5 cm³/mol. The van der Waals surface area contributed by atoms with Crippen molar-refractivity contribution in [1.29, 1.82) is 0 Å². The molecule has 0 bridgehead atoms. The van der Waals surface area contributed by atoms with Crippen LogP contribution in [-0.4, -0.2) is 31.6 Å². The van der Waals surface area contributed by atoms with Crippen LogP contribution in [-0.2, 0) is 4.74 Å². The summed E-state index contributed by atoms with van der Waals surface area (Å²) in [6.07, 6.45) is 1.09. The summed E-state index contributed by atoms with van der Waals surface area (Å²) < 4.78 is 5.64. The molecular weight excluding hydrogens is 242 g/mol. The van der Waals surface area contributed by atoms with E-state index >= 15 is 0 Å². The van der Waals surface area contributed by atoms with Gasteiger partial charge in [0, 0.05) is 23.3 Å². The van der Waals surface area contributed by atoms with Gasteiger partial charge in [-0.3, -0.25) is 0 Å². The number of aryl methyl sites for hydroxylation is 1. The Balaban J connectivity index is 2.39. The lowest BCUT2D eigenvalue weighted by Crippen LogP contribution is -2.35. The molecule has 0 spiro atoms. The van der Waals surface area contributed by atoms with Crippen LogP contribution in [0.3, 0.4) is 0 Å². The van der Waals surface area contributed by atoms with Crippen LogP contribution in [0, 0.1) is 6.92 Å². The number of nitrogens with one attached hydrogen (secondary N) is 1. The molecule has 0 aliphatic rings. The fourth-order valence-electron chi connectivity index (χ4n) is 1.73. The number of thioether (sulfide) groups is 1. The zero-order valence-corrected chi connectivity index (χ0v) is 12.6. The molecule has 1 atom stereocenters. The third kappa shape index (κ3) is 5.89. The van der Waals surface area contributed by atoms with Gasteiger partial charge in [0.25, 0.3) is 0 Å². The number of hydrogen-bond acceptors (Lipinski definition) is 3. The Labute approximate surface area is 116 Å². The van der Waals surface area contributed by atoms with Crippen LogP contribution < -0.4 is 5.32 Å². The smallest absolute Gasteiger partial charge is 0.0627 e. The topological polar surface area (TPSA) is 21.3 Å². The standard InChI is InChI=1S/C15H25NOS/c1-4-10-17-11-14(16-5-2)12-18-15-9-7-6-8-13(15)3/h6-9,14,16H,4-5,10-12H2,1-3H3. The van der Waals surface area contributed by atoms with Gasteiger partial charge in [0.15, 0.2) is 0 Å². The average molecular weight is 267 g/mol. The van der Waals surface area contributed by atoms with E-state index in [1.165, 1.54) is 10.5 Å². The van der Waals surface area contributed by atoms with E-state index in [0.717, 1.165) is 31.9 Å². The van der Waals surface area contributed by atoms with Gasteiger partial charge < -0.3 is 10.1 Å². The first-order valence-corrected chi connectivity index (χ1v) is 7.76. The maximum absolute atomic E-state index is 5.64. The summed E-state index contributed by atoms with van der Waals surface area (Å²) in [5.74, 6) is 1.06. The van der Waals surface area contributed by atoms with Gasteiger partial charge in [0.2, 0.25) is 0 Å². The summed E-state index contributed by atoms with van der Waals surface area (Å²) in [4.78, 5) is 1.37. The van der Waals surface area contributed by atoms with Crippen molar-refractivity contribution in [3.63, 3.8) is 0 Å². The molecule has 1 rings (SSSR count). The number of hydrogen-bond donors (Lipinski definition) is 1. The Hall–Kier alpha value is -0.510. The van der Waals surface area contributed by atoms with Crippen molar-refractivity contribution in [3.05, 3.63) is 29.8 Å². The molecule has 0 heterocycles. The fraction of sp³-hybridized carbons (Fsp3) is 0.600. The Morgan fingerprint density at radius 2 is 2.06 bits per heavy atom. The minimum absolute atomic E-state index is 0.436. The largest absolute Gasteiger partial charge is 0.380 e. The highest BCUT2D eigenvalue weighted by molar-refractivity contribution is 7.99. The number of rotatable bonds is 9. The zero-order chi connectivity index (χ0) is 13.2. The van der Waals surface area contributed by atoms with Crippen LogP contribution in [0.5, 0.6) is 0 Å². The lowest BCUT2D eigenvalue weighted by Gasteiger charge is -2.18. The van der Waals surface area contributed by atoms with E-state index in [2.05, 4.69) is 50.4 Å². The highest BCUT2D eigenvalue weighted by Gasteiger charge is 2.08. The summed E-state index contributed by atoms with van der Waals surface area (Å²) in [5.41, 5.74) is 1.35. The molecule has 3 heteroatoms. The zero-order valence-electron chi connectivity index (χ0n) is 11.7. The lowest BCUT2D eigenvalue weighted by atomic mass is 10.2. The first-order valence-electron chi connectivity index (χ1n) is 6.77. The molecule has 2 nitrogen and oxygen atoms in total. The first-order chi connectivity index (χ1) is 8.77. The Morgan fingerprint density at radius 1 is 1.28 bits per heavy atom. The molecule has 0 saturated heterocycles. The molecule has 18 heavy (non-hydrogen) atoms. The second-order valence-electron chi connectivity index (χ2n) is 4.41. The van der Waals surface area contributed by atoms with Gasteiger partial charge in [-0.1, -0.05) is 32.0 Å². The summed E-state index contributed by atoms with van der Waals surface area (Å²) in [5, 5.41) is 3.49. The lowest BCUT2D eigenvalue weighted by molar-refractivity contribution is 0.117. The second-order valence-corrected chi connectivity index (χ2v) is 5.47. The van der Waals surface area contributed by atoms with Crippen LogP contribution in [0.1, 0.15) is 25.8 Å². The van der Waals surface area contributed by atoms with Gasteiger partial charge in [-0.2, -0.15) is 0 Å². The highest BCUT2D eigenvalue weighted by atomic mass is 32.2. The normalized spacial score (nSPS) is 12.6. The molecule has 1 aromatic carbocycles. The van der Waals surface area contributed by atoms with E-state index in [-0.39, 0.29) is 0 Å². The predicted octanol–water partition coefficient (Wildman–Crippen LogP) is 3.49. The second kappa shape index (κ2) is 9.42. The fourth-order valence-corrected chi connectivity index (χ4v) is 2.80. The highest BCUT2D eigenvalue weighted by Crippen LogP contribution is 2.22. The number of likely N-dealkylation sites (N-methyl/N-ethyl adjacent to an activating group) is 1. The minimum atomic E-state index is 0.436. The molecule has 0 aliphatic carbocycles. The summed E-state index contributed by atoms with van der Waals surface area (Å²) >= 11 is 1.91. The molecule has 102 valence electrons. The van der Waals surface area contributed by atoms with Gasteiger partial charge in [0.05, 0.1) is 6.61 Å². The van der Waals surface area contributed by atoms with Gasteiger partial charge in [-0.25, -0.2) is 0 Å². The molecule has 0 saturated carbocycles. The van der Waals surface area contributed by atoms with E-state index in [1.54, 1.807) is 0 Å². The minimum Gasteiger partial charge on any atom is -0.380 e.